The maximum absolute atomic E-state index is 12.1. The predicted octanol–water partition coefficient (Wildman–Crippen LogP) is -0.404. The number of carbonyl (C=O) groups excluding carboxylic acids is 1. The Morgan fingerprint density at radius 2 is 2.18 bits per heavy atom. The van der Waals surface area contributed by atoms with Crippen LogP contribution < -0.4 is 5.32 Å². The zero-order valence-corrected chi connectivity index (χ0v) is 10.2. The number of rotatable bonds is 3. The van der Waals surface area contributed by atoms with E-state index in [4.69, 9.17) is 9.84 Å². The third kappa shape index (κ3) is 3.66. The van der Waals surface area contributed by atoms with Crippen LogP contribution in [0.5, 0.6) is 0 Å². The summed E-state index contributed by atoms with van der Waals surface area (Å²) in [6, 6.07) is 0. The molecule has 2 aliphatic heterocycles. The Kier molecular flexibility index (Phi) is 4.76. The summed E-state index contributed by atoms with van der Waals surface area (Å²) in [5, 5.41) is 12.3. The van der Waals surface area contributed by atoms with Crippen LogP contribution in [0.3, 0.4) is 0 Å². The summed E-state index contributed by atoms with van der Waals surface area (Å²) in [6.45, 7) is 3.81. The molecule has 0 saturated carbocycles. The first kappa shape index (κ1) is 12.8. The van der Waals surface area contributed by atoms with E-state index in [0.717, 1.165) is 25.9 Å². The largest absolute Gasteiger partial charge is 0.394 e. The molecule has 0 aliphatic carbocycles. The van der Waals surface area contributed by atoms with Crippen molar-refractivity contribution in [2.75, 3.05) is 39.4 Å². The van der Waals surface area contributed by atoms with Crippen LogP contribution in [0.1, 0.15) is 19.3 Å². The molecule has 17 heavy (non-hydrogen) atoms. The van der Waals surface area contributed by atoms with E-state index in [-0.39, 0.29) is 18.6 Å². The number of hydrogen-bond donors (Lipinski definition) is 2. The van der Waals surface area contributed by atoms with E-state index < -0.39 is 0 Å². The number of ether oxygens (including phenoxy) is 1. The molecule has 0 bridgehead atoms. The molecular formula is C12H22N2O3. The summed E-state index contributed by atoms with van der Waals surface area (Å²) >= 11 is 0. The summed E-state index contributed by atoms with van der Waals surface area (Å²) in [7, 11) is 0. The predicted molar refractivity (Wildman–Crippen MR) is 63.6 cm³/mol. The molecule has 0 radical (unpaired) electrons. The lowest BCUT2D eigenvalue weighted by Gasteiger charge is -2.33. The minimum Gasteiger partial charge on any atom is -0.394 e. The van der Waals surface area contributed by atoms with Gasteiger partial charge in [-0.1, -0.05) is 0 Å². The molecule has 2 saturated heterocycles. The van der Waals surface area contributed by atoms with Crippen molar-refractivity contribution < 1.29 is 14.6 Å². The molecule has 1 unspecified atom stereocenters. The van der Waals surface area contributed by atoms with E-state index >= 15 is 0 Å². The first-order valence-electron chi connectivity index (χ1n) is 6.50. The Labute approximate surface area is 102 Å². The van der Waals surface area contributed by atoms with Gasteiger partial charge in [-0.15, -0.1) is 0 Å². The van der Waals surface area contributed by atoms with Gasteiger partial charge in [-0.3, -0.25) is 4.79 Å². The highest BCUT2D eigenvalue weighted by Crippen LogP contribution is 2.18. The zero-order valence-electron chi connectivity index (χ0n) is 10.2. The van der Waals surface area contributed by atoms with Crippen LogP contribution in [-0.2, 0) is 9.53 Å². The van der Waals surface area contributed by atoms with Crippen molar-refractivity contribution >= 4 is 5.91 Å². The van der Waals surface area contributed by atoms with Crippen molar-refractivity contribution in [3.63, 3.8) is 0 Å². The van der Waals surface area contributed by atoms with E-state index in [1.165, 1.54) is 0 Å². The van der Waals surface area contributed by atoms with Gasteiger partial charge in [0.25, 0.3) is 0 Å². The van der Waals surface area contributed by atoms with Gasteiger partial charge >= 0.3 is 0 Å². The van der Waals surface area contributed by atoms with Crippen LogP contribution in [0.25, 0.3) is 0 Å². The summed E-state index contributed by atoms with van der Waals surface area (Å²) in [5.41, 5.74) is 0. The van der Waals surface area contributed by atoms with Crippen LogP contribution in [0.4, 0.5) is 0 Å². The Hall–Kier alpha value is -0.650. The number of nitrogens with one attached hydrogen (secondary N) is 1. The highest BCUT2D eigenvalue weighted by molar-refractivity contribution is 5.76. The van der Waals surface area contributed by atoms with E-state index in [1.807, 2.05) is 4.90 Å². The number of aliphatic hydroxyl groups is 1. The summed E-state index contributed by atoms with van der Waals surface area (Å²) in [5.74, 6) is 0.748. The minimum atomic E-state index is -0.194. The first-order valence-corrected chi connectivity index (χ1v) is 6.50. The smallest absolute Gasteiger partial charge is 0.223 e. The number of amides is 1. The molecule has 5 heteroatoms. The maximum Gasteiger partial charge on any atom is 0.223 e. The molecule has 2 N–H and O–H groups in total. The topological polar surface area (TPSA) is 61.8 Å². The normalized spacial score (nSPS) is 27.1. The fourth-order valence-electron chi connectivity index (χ4n) is 2.52. The molecule has 2 rings (SSSR count). The van der Waals surface area contributed by atoms with Gasteiger partial charge in [0.05, 0.1) is 19.3 Å². The highest BCUT2D eigenvalue weighted by Gasteiger charge is 2.26. The molecule has 2 fully saturated rings. The second kappa shape index (κ2) is 6.33. The van der Waals surface area contributed by atoms with E-state index in [9.17, 15) is 4.79 Å². The van der Waals surface area contributed by atoms with Gasteiger partial charge in [-0.05, 0) is 31.8 Å². The molecule has 0 aromatic rings. The standard InChI is InChI=1S/C12H22N2O3/c15-9-11-8-14(5-6-17-11)12(16)7-10-1-3-13-4-2-10/h10-11,13,15H,1-9H2. The Balaban J connectivity index is 1.78. The van der Waals surface area contributed by atoms with Gasteiger partial charge in [0.15, 0.2) is 0 Å². The van der Waals surface area contributed by atoms with Crippen molar-refractivity contribution in [2.45, 2.75) is 25.4 Å². The molecule has 98 valence electrons. The quantitative estimate of drug-likeness (QED) is 0.706. The van der Waals surface area contributed by atoms with Crippen LogP contribution in [0.15, 0.2) is 0 Å². The lowest BCUT2D eigenvalue weighted by molar-refractivity contribution is -0.141. The van der Waals surface area contributed by atoms with Gasteiger partial charge in [-0.2, -0.15) is 0 Å². The van der Waals surface area contributed by atoms with Crippen LogP contribution >= 0.6 is 0 Å². The van der Waals surface area contributed by atoms with Crippen LogP contribution in [0.2, 0.25) is 0 Å². The molecule has 0 aromatic carbocycles. The lowest BCUT2D eigenvalue weighted by atomic mass is 9.94. The minimum absolute atomic E-state index is 0.00285. The molecule has 2 heterocycles. The monoisotopic (exact) mass is 242 g/mol. The van der Waals surface area contributed by atoms with Crippen molar-refractivity contribution in [1.29, 1.82) is 0 Å². The van der Waals surface area contributed by atoms with E-state index in [2.05, 4.69) is 5.32 Å². The molecular weight excluding hydrogens is 220 g/mol. The average Bonchev–Trinajstić information content (AvgIpc) is 2.40. The number of carbonyl (C=O) groups is 1. The Bertz CT molecular complexity index is 254. The van der Waals surface area contributed by atoms with Crippen LogP contribution in [0, 0.1) is 5.92 Å². The average molecular weight is 242 g/mol. The van der Waals surface area contributed by atoms with Gasteiger partial charge in [-0.25, -0.2) is 0 Å². The van der Waals surface area contributed by atoms with Crippen molar-refractivity contribution in [3.8, 4) is 0 Å². The number of aliphatic hydroxyl groups excluding tert-OH is 1. The second-order valence-corrected chi connectivity index (χ2v) is 4.91. The fraction of sp³-hybridized carbons (Fsp3) is 0.917. The molecule has 5 nitrogen and oxygen atoms in total. The SMILES string of the molecule is O=C(CC1CCNCC1)N1CCOC(CO)C1. The van der Waals surface area contributed by atoms with Crippen molar-refractivity contribution in [1.82, 2.24) is 10.2 Å². The van der Waals surface area contributed by atoms with Crippen LogP contribution in [-0.4, -0.2) is 61.4 Å². The van der Waals surface area contributed by atoms with E-state index in [0.29, 0.717) is 32.0 Å². The molecule has 0 aromatic heterocycles. The van der Waals surface area contributed by atoms with E-state index in [1.54, 1.807) is 0 Å². The van der Waals surface area contributed by atoms with Crippen molar-refractivity contribution in [2.24, 2.45) is 5.92 Å². The Morgan fingerprint density at radius 3 is 2.88 bits per heavy atom. The first-order chi connectivity index (χ1) is 8.29. The molecule has 1 atom stereocenters. The van der Waals surface area contributed by atoms with Gasteiger partial charge in [0, 0.05) is 19.5 Å². The highest BCUT2D eigenvalue weighted by atomic mass is 16.5. The molecule has 1 amide bonds. The number of morpholine rings is 1. The number of piperidine rings is 1. The van der Waals surface area contributed by atoms with Gasteiger partial charge in [0.2, 0.25) is 5.91 Å². The summed E-state index contributed by atoms with van der Waals surface area (Å²) in [6.07, 6.45) is 2.65. The number of nitrogens with zero attached hydrogens (tertiary/aromatic N) is 1. The fourth-order valence-corrected chi connectivity index (χ4v) is 2.52. The summed E-state index contributed by atoms with van der Waals surface area (Å²) < 4.78 is 5.34. The zero-order chi connectivity index (χ0) is 12.1. The van der Waals surface area contributed by atoms with Gasteiger partial charge in [0.1, 0.15) is 0 Å². The van der Waals surface area contributed by atoms with Crippen molar-refractivity contribution in [3.05, 3.63) is 0 Å². The lowest BCUT2D eigenvalue weighted by Crippen LogP contribution is -2.47. The molecule has 0 spiro atoms. The maximum atomic E-state index is 12.1. The second-order valence-electron chi connectivity index (χ2n) is 4.91. The third-order valence-corrected chi connectivity index (χ3v) is 3.62. The van der Waals surface area contributed by atoms with Gasteiger partial charge < -0.3 is 20.1 Å². The molecule has 2 aliphatic rings. The Morgan fingerprint density at radius 1 is 1.41 bits per heavy atom. The summed E-state index contributed by atoms with van der Waals surface area (Å²) in [4.78, 5) is 13.9. The third-order valence-electron chi connectivity index (χ3n) is 3.62. The number of hydrogen-bond acceptors (Lipinski definition) is 4.